The van der Waals surface area contributed by atoms with Crippen LogP contribution in [0.5, 0.6) is 5.75 Å². The maximum Gasteiger partial charge on any atom is 0.240 e. The molecular formula is C19H18N2O4S. The van der Waals surface area contributed by atoms with E-state index < -0.39 is 10.0 Å². The summed E-state index contributed by atoms with van der Waals surface area (Å²) in [5, 5.41) is 14.3. The van der Waals surface area contributed by atoms with Crippen LogP contribution in [-0.4, -0.2) is 32.4 Å². The van der Waals surface area contributed by atoms with Crippen molar-refractivity contribution in [2.24, 2.45) is 0 Å². The summed E-state index contributed by atoms with van der Waals surface area (Å²) in [6.45, 7) is -0.341. The minimum atomic E-state index is -3.71. The Morgan fingerprint density at radius 2 is 1.54 bits per heavy atom. The largest absolute Gasteiger partial charge is 0.507 e. The second-order valence-corrected chi connectivity index (χ2v) is 7.47. The number of phenolic OH excluding ortho intramolecular Hbond substituents is 1. The highest BCUT2D eigenvalue weighted by Gasteiger charge is 2.15. The summed E-state index contributed by atoms with van der Waals surface area (Å²) in [5.41, 5.74) is 0.692. The summed E-state index contributed by atoms with van der Waals surface area (Å²) < 4.78 is 26.5. The molecule has 26 heavy (non-hydrogen) atoms. The van der Waals surface area contributed by atoms with E-state index in [-0.39, 0.29) is 29.5 Å². The second kappa shape index (κ2) is 7.55. The number of rotatable bonds is 7. The molecule has 0 amide bonds. The van der Waals surface area contributed by atoms with Gasteiger partial charge in [0.2, 0.25) is 10.0 Å². The monoisotopic (exact) mass is 370 g/mol. The smallest absolute Gasteiger partial charge is 0.240 e. The van der Waals surface area contributed by atoms with Gasteiger partial charge in [0.25, 0.3) is 0 Å². The average molecular weight is 370 g/mol. The van der Waals surface area contributed by atoms with Gasteiger partial charge in [-0.1, -0.05) is 42.5 Å². The molecule has 0 saturated carbocycles. The molecule has 3 rings (SSSR count). The van der Waals surface area contributed by atoms with Gasteiger partial charge >= 0.3 is 0 Å². The normalized spacial score (nSPS) is 11.4. The maximum absolute atomic E-state index is 12.1. The van der Waals surface area contributed by atoms with Crippen molar-refractivity contribution in [2.45, 2.75) is 4.90 Å². The predicted octanol–water partition coefficient (Wildman–Crippen LogP) is 2.50. The van der Waals surface area contributed by atoms with Crippen LogP contribution in [0.2, 0.25) is 0 Å². The maximum atomic E-state index is 12.1. The Hall–Kier alpha value is -2.90. The minimum absolute atomic E-state index is 0.0356. The van der Waals surface area contributed by atoms with Crippen molar-refractivity contribution in [3.8, 4) is 5.75 Å². The number of fused-ring (bicyclic) bond motifs is 1. The number of carbonyl (C=O) groups excluding carboxylic acids is 1. The Morgan fingerprint density at radius 1 is 0.846 bits per heavy atom. The molecule has 0 heterocycles. The summed E-state index contributed by atoms with van der Waals surface area (Å²) in [5.74, 6) is -0.144. The van der Waals surface area contributed by atoms with Gasteiger partial charge in [-0.15, -0.1) is 0 Å². The highest BCUT2D eigenvalue weighted by Crippen LogP contribution is 2.29. The Balaban J connectivity index is 1.63. The third-order valence-corrected chi connectivity index (χ3v) is 5.31. The van der Waals surface area contributed by atoms with E-state index in [1.807, 2.05) is 6.07 Å². The van der Waals surface area contributed by atoms with Gasteiger partial charge in [0.05, 0.1) is 18.0 Å². The van der Waals surface area contributed by atoms with Crippen molar-refractivity contribution in [3.63, 3.8) is 0 Å². The molecule has 0 spiro atoms. The lowest BCUT2D eigenvalue weighted by Crippen LogP contribution is -2.32. The van der Waals surface area contributed by atoms with Gasteiger partial charge in [0, 0.05) is 16.5 Å². The molecule has 6 nitrogen and oxygen atoms in total. The molecule has 134 valence electrons. The molecule has 3 N–H and O–H groups in total. The number of sulfonamides is 1. The Labute approximate surface area is 151 Å². The second-order valence-electron chi connectivity index (χ2n) is 5.71. The minimum Gasteiger partial charge on any atom is -0.507 e. The van der Waals surface area contributed by atoms with Crippen molar-refractivity contribution in [2.75, 3.05) is 18.4 Å². The lowest BCUT2D eigenvalue weighted by Gasteiger charge is -2.11. The molecule has 0 atom stereocenters. The first-order valence-corrected chi connectivity index (χ1v) is 9.47. The van der Waals surface area contributed by atoms with Crippen LogP contribution in [0, 0.1) is 0 Å². The molecule has 0 unspecified atom stereocenters. The predicted molar refractivity (Wildman–Crippen MR) is 101 cm³/mol. The summed E-state index contributed by atoms with van der Waals surface area (Å²) in [7, 11) is -3.71. The number of Topliss-reactive ketones (excluding diaryl/α,β-unsaturated/α-hetero) is 1. The van der Waals surface area contributed by atoms with Crippen molar-refractivity contribution >= 4 is 32.3 Å². The molecule has 7 heteroatoms. The van der Waals surface area contributed by atoms with Gasteiger partial charge in [-0.3, -0.25) is 4.79 Å². The molecular weight excluding hydrogens is 352 g/mol. The molecule has 0 fully saturated rings. The number of benzene rings is 3. The van der Waals surface area contributed by atoms with E-state index in [0.29, 0.717) is 11.1 Å². The first kappa shape index (κ1) is 17.9. The Morgan fingerprint density at radius 3 is 2.31 bits per heavy atom. The van der Waals surface area contributed by atoms with E-state index >= 15 is 0 Å². The van der Waals surface area contributed by atoms with Crippen molar-refractivity contribution in [1.82, 2.24) is 4.72 Å². The van der Waals surface area contributed by atoms with Crippen LogP contribution in [-0.2, 0) is 14.8 Å². The molecule has 3 aromatic carbocycles. The van der Waals surface area contributed by atoms with Crippen LogP contribution in [0.3, 0.4) is 0 Å². The molecule has 0 saturated heterocycles. The zero-order valence-corrected chi connectivity index (χ0v) is 14.7. The van der Waals surface area contributed by atoms with Crippen molar-refractivity contribution in [1.29, 1.82) is 0 Å². The lowest BCUT2D eigenvalue weighted by atomic mass is 10.1. The standard InChI is InChI=1S/C19H18N2O4S/c22-14(13-21-26(24,25)15-6-2-1-3-7-15)12-20-18-10-4-9-17-16(18)8-5-11-19(17)23/h1-11,20-21,23H,12-13H2. The van der Waals surface area contributed by atoms with Crippen LogP contribution in [0.25, 0.3) is 10.8 Å². The van der Waals surface area contributed by atoms with Crippen molar-refractivity contribution in [3.05, 3.63) is 66.7 Å². The number of carbonyl (C=O) groups is 1. The number of nitrogens with one attached hydrogen (secondary N) is 2. The zero-order chi connectivity index (χ0) is 18.6. The van der Waals surface area contributed by atoms with E-state index in [1.54, 1.807) is 48.5 Å². The van der Waals surface area contributed by atoms with Crippen LogP contribution >= 0.6 is 0 Å². The van der Waals surface area contributed by atoms with Crippen LogP contribution in [0.15, 0.2) is 71.6 Å². The quantitative estimate of drug-likeness (QED) is 0.594. The number of anilines is 1. The van der Waals surface area contributed by atoms with Gasteiger partial charge in [0.1, 0.15) is 5.75 Å². The Bertz CT molecular complexity index is 1030. The SMILES string of the molecule is O=C(CNc1cccc2c(O)cccc12)CNS(=O)(=O)c1ccccc1. The van der Waals surface area contributed by atoms with E-state index in [9.17, 15) is 18.3 Å². The van der Waals surface area contributed by atoms with Gasteiger partial charge in [-0.05, 0) is 24.3 Å². The molecule has 0 aliphatic rings. The van der Waals surface area contributed by atoms with Crippen molar-refractivity contribution < 1.29 is 18.3 Å². The third-order valence-electron chi connectivity index (χ3n) is 3.89. The fraction of sp³-hybridized carbons (Fsp3) is 0.105. The first-order valence-electron chi connectivity index (χ1n) is 7.98. The molecule has 0 aliphatic heterocycles. The summed E-state index contributed by atoms with van der Waals surface area (Å²) in [4.78, 5) is 12.2. The summed E-state index contributed by atoms with van der Waals surface area (Å²) >= 11 is 0. The number of hydrogen-bond donors (Lipinski definition) is 3. The van der Waals surface area contributed by atoms with Gasteiger partial charge in [0.15, 0.2) is 5.78 Å². The van der Waals surface area contributed by atoms with Gasteiger partial charge in [-0.25, -0.2) is 13.1 Å². The first-order chi connectivity index (χ1) is 12.5. The molecule has 0 radical (unpaired) electrons. The highest BCUT2D eigenvalue weighted by atomic mass is 32.2. The lowest BCUT2D eigenvalue weighted by molar-refractivity contribution is -0.116. The van der Waals surface area contributed by atoms with Crippen LogP contribution in [0.4, 0.5) is 5.69 Å². The zero-order valence-electron chi connectivity index (χ0n) is 13.8. The number of ketones is 1. The average Bonchev–Trinajstić information content (AvgIpc) is 2.66. The molecule has 0 bridgehead atoms. The van der Waals surface area contributed by atoms with Crippen LogP contribution < -0.4 is 10.0 Å². The van der Waals surface area contributed by atoms with E-state index in [4.69, 9.17) is 0 Å². The summed E-state index contributed by atoms with van der Waals surface area (Å²) in [6.07, 6.45) is 0. The fourth-order valence-corrected chi connectivity index (χ4v) is 3.60. The van der Waals surface area contributed by atoms with E-state index in [1.165, 1.54) is 12.1 Å². The van der Waals surface area contributed by atoms with Gasteiger partial charge < -0.3 is 10.4 Å². The van der Waals surface area contributed by atoms with Gasteiger partial charge in [-0.2, -0.15) is 0 Å². The van der Waals surface area contributed by atoms with E-state index in [0.717, 1.165) is 5.39 Å². The highest BCUT2D eigenvalue weighted by molar-refractivity contribution is 7.89. The van der Waals surface area contributed by atoms with E-state index in [2.05, 4.69) is 10.0 Å². The fourth-order valence-electron chi connectivity index (χ4n) is 2.56. The summed E-state index contributed by atoms with van der Waals surface area (Å²) in [6, 6.07) is 18.4. The topological polar surface area (TPSA) is 95.5 Å². The number of aromatic hydroxyl groups is 1. The molecule has 0 aromatic heterocycles. The molecule has 0 aliphatic carbocycles. The number of phenols is 1. The third kappa shape index (κ3) is 4.01. The number of hydrogen-bond acceptors (Lipinski definition) is 5. The Kier molecular flexibility index (Phi) is 5.20. The molecule has 3 aromatic rings. The van der Waals surface area contributed by atoms with Crippen LogP contribution in [0.1, 0.15) is 0 Å².